The van der Waals surface area contributed by atoms with Gasteiger partial charge in [0.15, 0.2) is 0 Å². The average Bonchev–Trinajstić information content (AvgIpc) is 2.91. The second kappa shape index (κ2) is 12.1. The molecular weight excluding hydrogens is 488 g/mol. The van der Waals surface area contributed by atoms with Crippen LogP contribution in [0.4, 0.5) is 5.69 Å². The zero-order chi connectivity index (χ0) is 26.1. The van der Waals surface area contributed by atoms with Gasteiger partial charge in [-0.05, 0) is 66.2 Å². The SMILES string of the molecule is CS(=O)(=O)N(Cc1ccc(C(=O)NCCOc2ccccc2)cc1)c1ccc(Oc2ccccc2)cc1. The van der Waals surface area contributed by atoms with Gasteiger partial charge in [0.25, 0.3) is 5.91 Å². The Kier molecular flexibility index (Phi) is 8.43. The van der Waals surface area contributed by atoms with Gasteiger partial charge in [-0.15, -0.1) is 0 Å². The van der Waals surface area contributed by atoms with Gasteiger partial charge in [0.1, 0.15) is 23.9 Å². The van der Waals surface area contributed by atoms with Crippen LogP contribution >= 0.6 is 0 Å². The van der Waals surface area contributed by atoms with Crippen LogP contribution in [-0.4, -0.2) is 33.7 Å². The van der Waals surface area contributed by atoms with Crippen LogP contribution in [0.25, 0.3) is 0 Å². The van der Waals surface area contributed by atoms with E-state index in [4.69, 9.17) is 9.47 Å². The summed E-state index contributed by atoms with van der Waals surface area (Å²) >= 11 is 0. The lowest BCUT2D eigenvalue weighted by atomic mass is 10.1. The van der Waals surface area contributed by atoms with Crippen LogP contribution < -0.4 is 19.1 Å². The van der Waals surface area contributed by atoms with E-state index in [1.807, 2.05) is 60.7 Å². The Balaban J connectivity index is 1.35. The Morgan fingerprint density at radius 2 is 1.32 bits per heavy atom. The molecule has 0 unspecified atom stereocenters. The summed E-state index contributed by atoms with van der Waals surface area (Å²) < 4.78 is 37.8. The Labute approximate surface area is 217 Å². The molecule has 0 aliphatic carbocycles. The number of anilines is 1. The summed E-state index contributed by atoms with van der Waals surface area (Å²) in [6, 6.07) is 32.5. The molecule has 0 spiro atoms. The first-order valence-electron chi connectivity index (χ1n) is 11.7. The van der Waals surface area contributed by atoms with Crippen LogP contribution in [0.15, 0.2) is 109 Å². The topological polar surface area (TPSA) is 84.9 Å². The minimum atomic E-state index is -3.55. The Hall–Kier alpha value is -4.30. The quantitative estimate of drug-likeness (QED) is 0.275. The summed E-state index contributed by atoms with van der Waals surface area (Å²) in [5, 5.41) is 2.82. The highest BCUT2D eigenvalue weighted by atomic mass is 32.2. The number of rotatable bonds is 11. The lowest BCUT2D eigenvalue weighted by Gasteiger charge is -2.23. The lowest BCUT2D eigenvalue weighted by Crippen LogP contribution is -2.29. The monoisotopic (exact) mass is 516 g/mol. The van der Waals surface area contributed by atoms with Crippen molar-refractivity contribution in [3.05, 3.63) is 120 Å². The van der Waals surface area contributed by atoms with Crippen molar-refractivity contribution in [1.82, 2.24) is 5.32 Å². The van der Waals surface area contributed by atoms with Crippen molar-refractivity contribution in [1.29, 1.82) is 0 Å². The molecule has 0 saturated heterocycles. The fraction of sp³-hybridized carbons (Fsp3) is 0.138. The standard InChI is InChI=1S/C29H28N2O5S/c1-37(33,34)31(25-16-18-28(19-17-25)36-27-10-6-3-7-11-27)22-23-12-14-24(15-13-23)29(32)30-20-21-35-26-8-4-2-5-9-26/h2-19H,20-22H2,1H3,(H,30,32). The molecule has 0 bridgehead atoms. The van der Waals surface area contributed by atoms with Crippen LogP contribution in [0.2, 0.25) is 0 Å². The number of amides is 1. The third-order valence-corrected chi connectivity index (χ3v) is 6.59. The molecule has 0 heterocycles. The van der Waals surface area contributed by atoms with E-state index in [2.05, 4.69) is 5.32 Å². The molecule has 0 aliphatic heterocycles. The summed E-state index contributed by atoms with van der Waals surface area (Å²) in [6.45, 7) is 0.845. The first-order chi connectivity index (χ1) is 17.9. The molecule has 190 valence electrons. The predicted octanol–water partition coefficient (Wildman–Crippen LogP) is 5.25. The van der Waals surface area contributed by atoms with Crippen molar-refractivity contribution in [3.63, 3.8) is 0 Å². The van der Waals surface area contributed by atoms with Gasteiger partial charge in [-0.1, -0.05) is 48.5 Å². The van der Waals surface area contributed by atoms with Crippen LogP contribution in [0, 0.1) is 0 Å². The predicted molar refractivity (Wildman–Crippen MR) is 145 cm³/mol. The largest absolute Gasteiger partial charge is 0.492 e. The van der Waals surface area contributed by atoms with Crippen LogP contribution in [0.5, 0.6) is 17.2 Å². The van der Waals surface area contributed by atoms with Crippen molar-refractivity contribution in [2.45, 2.75) is 6.54 Å². The number of carbonyl (C=O) groups is 1. The van der Waals surface area contributed by atoms with E-state index in [-0.39, 0.29) is 12.5 Å². The van der Waals surface area contributed by atoms with Gasteiger partial charge in [0.2, 0.25) is 10.0 Å². The molecule has 0 atom stereocenters. The highest BCUT2D eigenvalue weighted by Crippen LogP contribution is 2.26. The second-order valence-electron chi connectivity index (χ2n) is 8.29. The molecule has 8 heteroatoms. The first-order valence-corrected chi connectivity index (χ1v) is 13.6. The number of nitrogens with one attached hydrogen (secondary N) is 1. The van der Waals surface area contributed by atoms with Crippen LogP contribution in [0.1, 0.15) is 15.9 Å². The number of carbonyl (C=O) groups excluding carboxylic acids is 1. The third kappa shape index (κ3) is 7.59. The smallest absolute Gasteiger partial charge is 0.251 e. The molecule has 37 heavy (non-hydrogen) atoms. The van der Waals surface area contributed by atoms with Crippen molar-refractivity contribution >= 4 is 21.6 Å². The highest BCUT2D eigenvalue weighted by molar-refractivity contribution is 7.92. The van der Waals surface area contributed by atoms with Gasteiger partial charge in [-0.2, -0.15) is 0 Å². The maximum absolute atomic E-state index is 12.6. The summed E-state index contributed by atoms with van der Waals surface area (Å²) in [4.78, 5) is 12.4. The van der Waals surface area contributed by atoms with E-state index < -0.39 is 10.0 Å². The second-order valence-corrected chi connectivity index (χ2v) is 10.2. The summed E-state index contributed by atoms with van der Waals surface area (Å²) in [6.07, 6.45) is 1.17. The zero-order valence-electron chi connectivity index (χ0n) is 20.4. The molecule has 0 saturated carbocycles. The number of para-hydroxylation sites is 2. The molecule has 0 aromatic heterocycles. The highest BCUT2D eigenvalue weighted by Gasteiger charge is 2.18. The van der Waals surface area contributed by atoms with Crippen LogP contribution in [-0.2, 0) is 16.6 Å². The number of benzene rings is 4. The summed E-state index contributed by atoms with van der Waals surface area (Å²) in [5.41, 5.74) is 1.75. The van der Waals surface area contributed by atoms with E-state index in [0.29, 0.717) is 35.9 Å². The van der Waals surface area contributed by atoms with Gasteiger partial charge in [-0.25, -0.2) is 8.42 Å². The minimum absolute atomic E-state index is 0.130. The van der Waals surface area contributed by atoms with Crippen molar-refractivity contribution in [2.75, 3.05) is 23.7 Å². The van der Waals surface area contributed by atoms with E-state index in [1.54, 1.807) is 48.5 Å². The lowest BCUT2D eigenvalue weighted by molar-refractivity contribution is 0.0947. The molecular formula is C29H28N2O5S. The Morgan fingerprint density at radius 3 is 1.92 bits per heavy atom. The molecule has 7 nitrogen and oxygen atoms in total. The van der Waals surface area contributed by atoms with Crippen molar-refractivity contribution < 1.29 is 22.7 Å². The number of nitrogens with zero attached hydrogens (tertiary/aromatic N) is 1. The maximum atomic E-state index is 12.6. The number of ether oxygens (including phenoxy) is 2. The van der Waals surface area contributed by atoms with Crippen molar-refractivity contribution in [2.24, 2.45) is 0 Å². The molecule has 0 aliphatic rings. The zero-order valence-corrected chi connectivity index (χ0v) is 21.2. The van der Waals surface area contributed by atoms with Gasteiger partial charge in [0.05, 0.1) is 25.0 Å². The minimum Gasteiger partial charge on any atom is -0.492 e. The maximum Gasteiger partial charge on any atom is 0.251 e. The number of hydrogen-bond donors (Lipinski definition) is 1. The fourth-order valence-corrected chi connectivity index (χ4v) is 4.47. The molecule has 0 fully saturated rings. The van der Waals surface area contributed by atoms with Gasteiger partial charge in [0, 0.05) is 5.56 Å². The van der Waals surface area contributed by atoms with E-state index in [1.165, 1.54) is 10.6 Å². The number of hydrogen-bond acceptors (Lipinski definition) is 5. The molecule has 1 amide bonds. The Bertz CT molecular complexity index is 1390. The van der Waals surface area contributed by atoms with Gasteiger partial charge in [-0.3, -0.25) is 9.10 Å². The van der Waals surface area contributed by atoms with E-state index >= 15 is 0 Å². The summed E-state index contributed by atoms with van der Waals surface area (Å²) in [5.74, 6) is 1.82. The first kappa shape index (κ1) is 25.8. The molecule has 4 aromatic rings. The molecule has 4 rings (SSSR count). The van der Waals surface area contributed by atoms with E-state index in [9.17, 15) is 13.2 Å². The normalized spacial score (nSPS) is 10.9. The third-order valence-electron chi connectivity index (χ3n) is 5.45. The Morgan fingerprint density at radius 1 is 0.757 bits per heavy atom. The number of sulfonamides is 1. The van der Waals surface area contributed by atoms with Gasteiger partial charge >= 0.3 is 0 Å². The fourth-order valence-electron chi connectivity index (χ4n) is 3.58. The molecule has 0 radical (unpaired) electrons. The average molecular weight is 517 g/mol. The summed E-state index contributed by atoms with van der Waals surface area (Å²) in [7, 11) is -3.55. The molecule has 1 N–H and O–H groups in total. The van der Waals surface area contributed by atoms with Crippen LogP contribution in [0.3, 0.4) is 0 Å². The van der Waals surface area contributed by atoms with Gasteiger partial charge < -0.3 is 14.8 Å². The van der Waals surface area contributed by atoms with E-state index in [0.717, 1.165) is 11.3 Å². The van der Waals surface area contributed by atoms with Crippen molar-refractivity contribution in [3.8, 4) is 17.2 Å². The molecule has 4 aromatic carbocycles.